The summed E-state index contributed by atoms with van der Waals surface area (Å²) in [6.45, 7) is 7.04. The van der Waals surface area contributed by atoms with Crippen molar-refractivity contribution in [2.75, 3.05) is 13.1 Å². The number of hydrogen-bond acceptors (Lipinski definition) is 2. The molecule has 0 atom stereocenters. The Bertz CT molecular complexity index is 518. The number of hydrazine groups is 1. The molecule has 0 spiro atoms. The van der Waals surface area contributed by atoms with Crippen LogP contribution in [0.1, 0.15) is 60.2 Å². The van der Waals surface area contributed by atoms with Crippen molar-refractivity contribution >= 4 is 5.91 Å². The van der Waals surface area contributed by atoms with Crippen LogP contribution in [0.4, 0.5) is 0 Å². The molecule has 20 heavy (non-hydrogen) atoms. The van der Waals surface area contributed by atoms with Gasteiger partial charge in [0, 0.05) is 18.7 Å². The van der Waals surface area contributed by atoms with E-state index < -0.39 is 0 Å². The monoisotopic (exact) mass is 272 g/mol. The van der Waals surface area contributed by atoms with Crippen molar-refractivity contribution in [3.05, 3.63) is 34.4 Å². The molecule has 0 aromatic heterocycles. The van der Waals surface area contributed by atoms with Gasteiger partial charge < -0.3 is 0 Å². The molecule has 1 aromatic rings. The van der Waals surface area contributed by atoms with Gasteiger partial charge in [-0.3, -0.25) is 9.80 Å². The predicted molar refractivity (Wildman–Crippen MR) is 80.5 cm³/mol. The van der Waals surface area contributed by atoms with Crippen molar-refractivity contribution in [2.45, 2.75) is 52.5 Å². The van der Waals surface area contributed by atoms with E-state index in [1.54, 1.807) is 0 Å². The van der Waals surface area contributed by atoms with Crippen molar-refractivity contribution in [1.29, 1.82) is 0 Å². The highest BCUT2D eigenvalue weighted by molar-refractivity contribution is 5.98. The first-order valence-corrected chi connectivity index (χ1v) is 7.96. The highest BCUT2D eigenvalue weighted by atomic mass is 16.2. The van der Waals surface area contributed by atoms with Crippen molar-refractivity contribution < 1.29 is 4.79 Å². The first kappa shape index (κ1) is 13.6. The number of rotatable bonds is 5. The summed E-state index contributed by atoms with van der Waals surface area (Å²) >= 11 is 0. The van der Waals surface area contributed by atoms with E-state index in [1.165, 1.54) is 29.5 Å². The number of nitrogens with zero attached hydrogens (tertiary/aromatic N) is 2. The third kappa shape index (κ3) is 2.24. The molecule has 1 amide bonds. The summed E-state index contributed by atoms with van der Waals surface area (Å²) in [5.74, 6) is 0.205. The Labute approximate surface area is 121 Å². The van der Waals surface area contributed by atoms with Gasteiger partial charge in [0.05, 0.1) is 6.54 Å². The second-order valence-electron chi connectivity index (χ2n) is 5.95. The Kier molecular flexibility index (Phi) is 3.79. The van der Waals surface area contributed by atoms with Gasteiger partial charge in [0.15, 0.2) is 0 Å². The molecule has 108 valence electrons. The molecule has 1 aliphatic carbocycles. The van der Waals surface area contributed by atoms with Crippen LogP contribution < -0.4 is 0 Å². The lowest BCUT2D eigenvalue weighted by Crippen LogP contribution is -2.43. The van der Waals surface area contributed by atoms with Crippen molar-refractivity contribution in [3.63, 3.8) is 0 Å². The Hall–Kier alpha value is -1.35. The fourth-order valence-electron chi connectivity index (χ4n) is 3.48. The maximum absolute atomic E-state index is 12.7. The van der Waals surface area contributed by atoms with Crippen LogP contribution in [0, 0.1) is 0 Å². The van der Waals surface area contributed by atoms with Gasteiger partial charge in [-0.05, 0) is 54.9 Å². The summed E-state index contributed by atoms with van der Waals surface area (Å²) in [6, 6.07) is 4.45. The van der Waals surface area contributed by atoms with Gasteiger partial charge >= 0.3 is 0 Å². The first-order chi connectivity index (χ1) is 9.74. The van der Waals surface area contributed by atoms with E-state index in [4.69, 9.17) is 0 Å². The number of carbonyl (C=O) groups is 1. The molecule has 0 N–H and O–H groups in total. The van der Waals surface area contributed by atoms with Crippen LogP contribution in [0.5, 0.6) is 0 Å². The van der Waals surface area contributed by atoms with E-state index in [0.717, 1.165) is 44.5 Å². The largest absolute Gasteiger partial charge is 0.268 e. The number of hydrogen-bond donors (Lipinski definition) is 0. The molecule has 0 bridgehead atoms. The number of benzene rings is 1. The highest BCUT2D eigenvalue weighted by Gasteiger charge is 2.32. The van der Waals surface area contributed by atoms with Crippen molar-refractivity contribution in [1.82, 2.24) is 10.0 Å². The molecule has 0 unspecified atom stereocenters. The molecule has 0 fully saturated rings. The summed E-state index contributed by atoms with van der Waals surface area (Å²) in [6.07, 6.45) is 5.73. The number of fused-ring (bicyclic) bond motifs is 2. The highest BCUT2D eigenvalue weighted by Crippen LogP contribution is 2.31. The maximum atomic E-state index is 12.7. The molecule has 1 aromatic carbocycles. The molecular weight excluding hydrogens is 248 g/mol. The molecule has 2 aliphatic rings. The fraction of sp³-hybridized carbons (Fsp3) is 0.588. The summed E-state index contributed by atoms with van der Waals surface area (Å²) in [4.78, 5) is 12.7. The molecule has 0 saturated carbocycles. The zero-order chi connectivity index (χ0) is 14.1. The van der Waals surface area contributed by atoms with Crippen LogP contribution in [0.3, 0.4) is 0 Å². The van der Waals surface area contributed by atoms with Crippen LogP contribution >= 0.6 is 0 Å². The van der Waals surface area contributed by atoms with E-state index in [9.17, 15) is 4.79 Å². The smallest absolute Gasteiger partial charge is 0.268 e. The summed E-state index contributed by atoms with van der Waals surface area (Å²) in [5.41, 5.74) is 5.04. The van der Waals surface area contributed by atoms with Crippen LogP contribution in [0.25, 0.3) is 0 Å². The van der Waals surface area contributed by atoms with Crippen LogP contribution in [0.15, 0.2) is 12.1 Å². The van der Waals surface area contributed by atoms with E-state index in [2.05, 4.69) is 31.0 Å². The normalized spacial score (nSPS) is 16.9. The lowest BCUT2D eigenvalue weighted by Gasteiger charge is -2.31. The summed E-state index contributed by atoms with van der Waals surface area (Å²) < 4.78 is 0. The fourth-order valence-corrected chi connectivity index (χ4v) is 3.48. The minimum atomic E-state index is 0.205. The SMILES string of the molecule is CCCN(CCC)N1Cc2cc3c(cc2C1=O)CCC3. The Morgan fingerprint density at radius 1 is 1.05 bits per heavy atom. The minimum Gasteiger partial charge on any atom is -0.268 e. The zero-order valence-corrected chi connectivity index (χ0v) is 12.6. The average Bonchev–Trinajstić information content (AvgIpc) is 3.01. The summed E-state index contributed by atoms with van der Waals surface area (Å²) in [7, 11) is 0. The van der Waals surface area contributed by atoms with Gasteiger partial charge in [-0.25, -0.2) is 5.01 Å². The van der Waals surface area contributed by atoms with Crippen LogP contribution in [-0.2, 0) is 19.4 Å². The Balaban J connectivity index is 1.86. The van der Waals surface area contributed by atoms with Gasteiger partial charge in [0.25, 0.3) is 5.91 Å². The van der Waals surface area contributed by atoms with E-state index in [0.29, 0.717) is 0 Å². The molecule has 0 radical (unpaired) electrons. The number of aryl methyl sites for hydroxylation is 2. The lowest BCUT2D eigenvalue weighted by atomic mass is 10.0. The third-order valence-electron chi connectivity index (χ3n) is 4.41. The van der Waals surface area contributed by atoms with E-state index >= 15 is 0 Å². The standard InChI is InChI=1S/C17H24N2O/c1-3-8-18(9-4-2)19-12-15-10-13-6-5-7-14(13)11-16(15)17(19)20/h10-11H,3-9,12H2,1-2H3. The third-order valence-corrected chi connectivity index (χ3v) is 4.41. The van der Waals surface area contributed by atoms with Gasteiger partial charge in [-0.15, -0.1) is 0 Å². The predicted octanol–water partition coefficient (Wildman–Crippen LogP) is 3.17. The minimum absolute atomic E-state index is 0.205. The van der Waals surface area contributed by atoms with Crippen molar-refractivity contribution in [2.24, 2.45) is 0 Å². The van der Waals surface area contributed by atoms with Gasteiger partial charge in [-0.2, -0.15) is 0 Å². The lowest BCUT2D eigenvalue weighted by molar-refractivity contribution is -0.00953. The maximum Gasteiger partial charge on any atom is 0.268 e. The second kappa shape index (κ2) is 5.57. The van der Waals surface area contributed by atoms with E-state index in [-0.39, 0.29) is 5.91 Å². The Morgan fingerprint density at radius 3 is 2.35 bits per heavy atom. The molecular formula is C17H24N2O. The van der Waals surface area contributed by atoms with Gasteiger partial charge in [0.1, 0.15) is 0 Å². The Morgan fingerprint density at radius 2 is 1.70 bits per heavy atom. The summed E-state index contributed by atoms with van der Waals surface area (Å²) in [5, 5.41) is 4.19. The average molecular weight is 272 g/mol. The van der Waals surface area contributed by atoms with E-state index in [1.807, 2.05) is 5.01 Å². The van der Waals surface area contributed by atoms with Crippen molar-refractivity contribution in [3.8, 4) is 0 Å². The van der Waals surface area contributed by atoms with Crippen LogP contribution in [0.2, 0.25) is 0 Å². The molecule has 3 heteroatoms. The molecule has 0 saturated heterocycles. The molecule has 1 aliphatic heterocycles. The topological polar surface area (TPSA) is 23.6 Å². The zero-order valence-electron chi connectivity index (χ0n) is 12.6. The number of amides is 1. The second-order valence-corrected chi connectivity index (χ2v) is 5.95. The quantitative estimate of drug-likeness (QED) is 0.822. The first-order valence-electron chi connectivity index (χ1n) is 7.96. The van der Waals surface area contributed by atoms with Gasteiger partial charge in [0.2, 0.25) is 0 Å². The van der Waals surface area contributed by atoms with Gasteiger partial charge in [-0.1, -0.05) is 19.9 Å². The molecule has 1 heterocycles. The molecule has 3 rings (SSSR count). The number of carbonyl (C=O) groups excluding carboxylic acids is 1. The van der Waals surface area contributed by atoms with Crippen LogP contribution in [-0.4, -0.2) is 29.0 Å². The molecule has 3 nitrogen and oxygen atoms in total.